The molecule has 0 aliphatic heterocycles. The first-order valence-corrected chi connectivity index (χ1v) is 7.84. The van der Waals surface area contributed by atoms with Gasteiger partial charge in [-0.25, -0.2) is 0 Å². The molecule has 0 aromatic carbocycles. The molecule has 1 aromatic heterocycles. The van der Waals surface area contributed by atoms with Gasteiger partial charge in [-0.15, -0.1) is 0 Å². The molecule has 1 aliphatic carbocycles. The molecule has 2 N–H and O–H groups in total. The minimum Gasteiger partial charge on any atom is -0.355 e. The van der Waals surface area contributed by atoms with E-state index in [1.807, 2.05) is 12.1 Å². The first-order valence-electron chi connectivity index (χ1n) is 7.84. The molecule has 0 radical (unpaired) electrons. The lowest BCUT2D eigenvalue weighted by molar-refractivity contribution is -0.129. The van der Waals surface area contributed by atoms with Crippen LogP contribution in [0.1, 0.15) is 44.1 Å². The van der Waals surface area contributed by atoms with Crippen LogP contribution in [0.5, 0.6) is 0 Å². The first-order chi connectivity index (χ1) is 10.7. The number of nitrogens with one attached hydrogen (secondary N) is 2. The van der Waals surface area contributed by atoms with Gasteiger partial charge in [-0.05, 0) is 43.7 Å². The summed E-state index contributed by atoms with van der Waals surface area (Å²) < 4.78 is 0. The Morgan fingerprint density at radius 2 is 2.05 bits per heavy atom. The van der Waals surface area contributed by atoms with E-state index in [1.54, 1.807) is 12.4 Å². The van der Waals surface area contributed by atoms with Crippen molar-refractivity contribution in [2.75, 3.05) is 6.54 Å². The second-order valence-corrected chi connectivity index (χ2v) is 5.52. The van der Waals surface area contributed by atoms with Crippen molar-refractivity contribution < 1.29 is 9.59 Å². The minimum absolute atomic E-state index is 0.126. The highest BCUT2D eigenvalue weighted by atomic mass is 16.2. The van der Waals surface area contributed by atoms with Crippen LogP contribution in [0.4, 0.5) is 0 Å². The number of nitrogens with zero attached hydrogens (tertiary/aromatic N) is 1. The van der Waals surface area contributed by atoms with Crippen molar-refractivity contribution >= 4 is 11.8 Å². The van der Waals surface area contributed by atoms with E-state index in [2.05, 4.69) is 21.7 Å². The highest BCUT2D eigenvalue weighted by Gasteiger charge is 2.09. The Labute approximate surface area is 131 Å². The Morgan fingerprint density at radius 3 is 2.77 bits per heavy atom. The van der Waals surface area contributed by atoms with Gasteiger partial charge in [0.25, 0.3) is 0 Å². The van der Waals surface area contributed by atoms with Gasteiger partial charge in [-0.2, -0.15) is 0 Å². The van der Waals surface area contributed by atoms with Crippen LogP contribution in [0.3, 0.4) is 0 Å². The number of amides is 2. The molecule has 2 amide bonds. The summed E-state index contributed by atoms with van der Waals surface area (Å²) in [5.74, 6) is -0.488. The third-order valence-corrected chi connectivity index (χ3v) is 3.69. The maximum atomic E-state index is 11.7. The first kappa shape index (κ1) is 16.2. The van der Waals surface area contributed by atoms with Gasteiger partial charge in [0.15, 0.2) is 0 Å². The highest BCUT2D eigenvalue weighted by molar-refractivity contribution is 5.96. The monoisotopic (exact) mass is 301 g/mol. The molecule has 0 spiro atoms. The lowest BCUT2D eigenvalue weighted by Gasteiger charge is -2.12. The number of hydrogen-bond donors (Lipinski definition) is 2. The van der Waals surface area contributed by atoms with Gasteiger partial charge >= 0.3 is 0 Å². The fourth-order valence-electron chi connectivity index (χ4n) is 2.47. The predicted octanol–water partition coefficient (Wildman–Crippen LogP) is 2.09. The van der Waals surface area contributed by atoms with E-state index in [-0.39, 0.29) is 18.2 Å². The number of carbonyl (C=O) groups is 2. The number of pyridine rings is 1. The van der Waals surface area contributed by atoms with Crippen LogP contribution in [-0.2, 0) is 16.1 Å². The van der Waals surface area contributed by atoms with E-state index >= 15 is 0 Å². The smallest absolute Gasteiger partial charge is 0.229 e. The SMILES string of the molecule is O=C(CC(=O)NCc1cccnc1)NCCC1=CCCCC1. The summed E-state index contributed by atoms with van der Waals surface area (Å²) in [6.45, 7) is 1.01. The standard InChI is InChI=1S/C17H23N3O2/c21-16(19-10-8-14-5-2-1-3-6-14)11-17(22)20-13-15-7-4-9-18-12-15/h4-5,7,9,12H,1-3,6,8,10-11,13H2,(H,19,21)(H,20,22). The van der Waals surface area contributed by atoms with E-state index < -0.39 is 0 Å². The summed E-state index contributed by atoms with van der Waals surface area (Å²) >= 11 is 0. The molecule has 22 heavy (non-hydrogen) atoms. The van der Waals surface area contributed by atoms with Crippen molar-refractivity contribution in [1.29, 1.82) is 0 Å². The fraction of sp³-hybridized carbons (Fsp3) is 0.471. The van der Waals surface area contributed by atoms with Crippen LogP contribution < -0.4 is 10.6 Å². The molecule has 1 heterocycles. The second-order valence-electron chi connectivity index (χ2n) is 5.52. The van der Waals surface area contributed by atoms with E-state index in [9.17, 15) is 9.59 Å². The zero-order valence-electron chi connectivity index (χ0n) is 12.8. The second kappa shape index (κ2) is 8.97. The van der Waals surface area contributed by atoms with Crippen LogP contribution in [0.2, 0.25) is 0 Å². The Bertz CT molecular complexity index is 526. The maximum Gasteiger partial charge on any atom is 0.229 e. The van der Waals surface area contributed by atoms with E-state index in [4.69, 9.17) is 0 Å². The van der Waals surface area contributed by atoms with E-state index in [0.717, 1.165) is 24.8 Å². The van der Waals surface area contributed by atoms with Gasteiger partial charge < -0.3 is 10.6 Å². The van der Waals surface area contributed by atoms with Gasteiger partial charge in [0.2, 0.25) is 11.8 Å². The molecule has 0 fully saturated rings. The van der Waals surface area contributed by atoms with Crippen LogP contribution >= 0.6 is 0 Å². The highest BCUT2D eigenvalue weighted by Crippen LogP contribution is 2.19. The van der Waals surface area contributed by atoms with E-state index in [1.165, 1.54) is 18.4 Å². The fourth-order valence-corrected chi connectivity index (χ4v) is 2.47. The predicted molar refractivity (Wildman–Crippen MR) is 84.9 cm³/mol. The van der Waals surface area contributed by atoms with Crippen LogP contribution in [0.15, 0.2) is 36.2 Å². The average molecular weight is 301 g/mol. The van der Waals surface area contributed by atoms with Gasteiger partial charge in [0, 0.05) is 25.5 Å². The van der Waals surface area contributed by atoms with Crippen molar-refractivity contribution in [2.24, 2.45) is 0 Å². The van der Waals surface area contributed by atoms with Gasteiger partial charge in [0.1, 0.15) is 6.42 Å². The van der Waals surface area contributed by atoms with Crippen molar-refractivity contribution in [3.8, 4) is 0 Å². The molecule has 0 bridgehead atoms. The van der Waals surface area contributed by atoms with Crippen molar-refractivity contribution in [1.82, 2.24) is 15.6 Å². The van der Waals surface area contributed by atoms with Crippen LogP contribution in [0, 0.1) is 0 Å². The molecule has 0 saturated heterocycles. The molecular formula is C17H23N3O2. The van der Waals surface area contributed by atoms with Crippen molar-refractivity contribution in [2.45, 2.75) is 45.1 Å². The van der Waals surface area contributed by atoms with Crippen molar-refractivity contribution in [3.63, 3.8) is 0 Å². The molecule has 0 atom stereocenters. The normalized spacial score (nSPS) is 14.1. The number of rotatable bonds is 7. The Hall–Kier alpha value is -2.17. The summed E-state index contributed by atoms with van der Waals surface area (Å²) in [7, 11) is 0. The molecule has 2 rings (SSSR count). The van der Waals surface area contributed by atoms with Crippen LogP contribution in [-0.4, -0.2) is 23.3 Å². The van der Waals surface area contributed by atoms with Gasteiger partial charge in [0.05, 0.1) is 0 Å². The Balaban J connectivity index is 1.59. The minimum atomic E-state index is -0.266. The molecular weight excluding hydrogens is 278 g/mol. The zero-order valence-corrected chi connectivity index (χ0v) is 12.8. The lowest BCUT2D eigenvalue weighted by Crippen LogP contribution is -2.32. The molecule has 0 unspecified atom stereocenters. The number of aromatic nitrogens is 1. The average Bonchev–Trinajstić information content (AvgIpc) is 2.55. The Morgan fingerprint density at radius 1 is 1.18 bits per heavy atom. The maximum absolute atomic E-state index is 11.7. The number of carbonyl (C=O) groups excluding carboxylic acids is 2. The third-order valence-electron chi connectivity index (χ3n) is 3.69. The van der Waals surface area contributed by atoms with Crippen LogP contribution in [0.25, 0.3) is 0 Å². The van der Waals surface area contributed by atoms with E-state index in [0.29, 0.717) is 13.1 Å². The summed E-state index contributed by atoms with van der Waals surface area (Å²) in [6, 6.07) is 3.69. The summed E-state index contributed by atoms with van der Waals surface area (Å²) in [5, 5.41) is 5.52. The molecule has 1 aliphatic rings. The lowest BCUT2D eigenvalue weighted by atomic mass is 9.97. The molecule has 0 saturated carbocycles. The van der Waals surface area contributed by atoms with Gasteiger partial charge in [-0.3, -0.25) is 14.6 Å². The largest absolute Gasteiger partial charge is 0.355 e. The van der Waals surface area contributed by atoms with Crippen molar-refractivity contribution in [3.05, 3.63) is 41.7 Å². The molecule has 5 heteroatoms. The summed E-state index contributed by atoms with van der Waals surface area (Å²) in [5.41, 5.74) is 2.34. The zero-order chi connectivity index (χ0) is 15.6. The topological polar surface area (TPSA) is 71.1 Å². The Kier molecular flexibility index (Phi) is 6.61. The summed E-state index contributed by atoms with van der Waals surface area (Å²) in [6.07, 6.45) is 11.2. The number of hydrogen-bond acceptors (Lipinski definition) is 3. The quantitative estimate of drug-likeness (QED) is 0.598. The third kappa shape index (κ3) is 6.08. The molecule has 5 nitrogen and oxygen atoms in total. The molecule has 1 aromatic rings. The summed E-state index contributed by atoms with van der Waals surface area (Å²) in [4.78, 5) is 27.4. The number of allylic oxidation sites excluding steroid dienone is 1. The molecule has 118 valence electrons. The van der Waals surface area contributed by atoms with Gasteiger partial charge in [-0.1, -0.05) is 17.7 Å².